The van der Waals surface area contributed by atoms with Crippen LogP contribution in [0, 0.1) is 5.92 Å². The van der Waals surface area contributed by atoms with Gasteiger partial charge in [0.15, 0.2) is 0 Å². The molecule has 0 heterocycles. The lowest BCUT2D eigenvalue weighted by Gasteiger charge is -2.12. The van der Waals surface area contributed by atoms with Gasteiger partial charge in [-0.15, -0.1) is 0 Å². The molecule has 0 aromatic carbocycles. The molecule has 5 nitrogen and oxygen atoms in total. The molecule has 2 unspecified atom stereocenters. The number of carbonyl (C=O) groups excluding carboxylic acids is 1. The second-order valence-corrected chi connectivity index (χ2v) is 2.51. The molecule has 0 saturated carbocycles. The Morgan fingerprint density at radius 2 is 2.00 bits per heavy atom. The molecule has 64 valence electrons. The van der Waals surface area contributed by atoms with Crippen LogP contribution in [0.1, 0.15) is 13.3 Å². The van der Waals surface area contributed by atoms with E-state index in [1.807, 2.05) is 0 Å². The summed E-state index contributed by atoms with van der Waals surface area (Å²) in [6.07, 6.45) is 0.00741. The molecule has 0 aliphatic rings. The molecular weight excluding hydrogens is 148 g/mol. The van der Waals surface area contributed by atoms with Crippen molar-refractivity contribution in [2.75, 3.05) is 0 Å². The van der Waals surface area contributed by atoms with Crippen molar-refractivity contribution in [2.24, 2.45) is 17.4 Å². The average molecular weight is 160 g/mol. The van der Waals surface area contributed by atoms with Gasteiger partial charge in [0, 0.05) is 6.42 Å². The molecule has 0 aromatic rings. The lowest BCUT2D eigenvalue weighted by atomic mass is 9.99. The summed E-state index contributed by atoms with van der Waals surface area (Å²) >= 11 is 0. The van der Waals surface area contributed by atoms with E-state index in [0.29, 0.717) is 0 Å². The zero-order chi connectivity index (χ0) is 9.02. The second-order valence-electron chi connectivity index (χ2n) is 2.51. The number of hydrogen-bond acceptors (Lipinski definition) is 3. The summed E-state index contributed by atoms with van der Waals surface area (Å²) in [6, 6.07) is -1.01. The highest BCUT2D eigenvalue weighted by Crippen LogP contribution is 2.04. The molecule has 0 spiro atoms. The third-order valence-corrected chi connectivity index (χ3v) is 1.42. The van der Waals surface area contributed by atoms with Gasteiger partial charge >= 0.3 is 5.97 Å². The van der Waals surface area contributed by atoms with E-state index in [-0.39, 0.29) is 6.42 Å². The first-order valence-corrected chi connectivity index (χ1v) is 3.22. The van der Waals surface area contributed by atoms with Gasteiger partial charge in [0.05, 0.1) is 0 Å². The van der Waals surface area contributed by atoms with Gasteiger partial charge in [0.25, 0.3) is 0 Å². The van der Waals surface area contributed by atoms with Crippen molar-refractivity contribution in [1.82, 2.24) is 0 Å². The highest BCUT2D eigenvalue weighted by molar-refractivity contribution is 5.77. The van der Waals surface area contributed by atoms with E-state index in [2.05, 4.69) is 0 Å². The Balaban J connectivity index is 3.92. The highest BCUT2D eigenvalue weighted by atomic mass is 16.4. The number of carboxylic acids is 1. The molecule has 0 aliphatic carbocycles. The highest BCUT2D eigenvalue weighted by Gasteiger charge is 2.20. The molecule has 0 bridgehead atoms. The number of carbonyl (C=O) groups is 2. The first-order valence-electron chi connectivity index (χ1n) is 3.22. The molecule has 0 saturated heterocycles. The largest absolute Gasteiger partial charge is 0.480 e. The summed E-state index contributed by atoms with van der Waals surface area (Å²) in [5.74, 6) is -2.06. The molecule has 1 amide bonds. The van der Waals surface area contributed by atoms with E-state index >= 15 is 0 Å². The maximum Gasteiger partial charge on any atom is 0.320 e. The quantitative estimate of drug-likeness (QED) is 0.485. The molecule has 11 heavy (non-hydrogen) atoms. The smallest absolute Gasteiger partial charge is 0.320 e. The van der Waals surface area contributed by atoms with Gasteiger partial charge in [-0.2, -0.15) is 0 Å². The monoisotopic (exact) mass is 160 g/mol. The second kappa shape index (κ2) is 3.92. The minimum absolute atomic E-state index is 0.00741. The third kappa shape index (κ3) is 3.57. The lowest BCUT2D eigenvalue weighted by Crippen LogP contribution is -2.38. The van der Waals surface area contributed by atoms with Crippen LogP contribution >= 0.6 is 0 Å². The van der Waals surface area contributed by atoms with Crippen LogP contribution in [0.25, 0.3) is 0 Å². The molecule has 0 aromatic heterocycles. The van der Waals surface area contributed by atoms with Crippen molar-refractivity contribution in [1.29, 1.82) is 0 Å². The number of carboxylic acid groups (broad SMARTS) is 1. The third-order valence-electron chi connectivity index (χ3n) is 1.42. The fourth-order valence-corrected chi connectivity index (χ4v) is 0.688. The van der Waals surface area contributed by atoms with Gasteiger partial charge in [-0.3, -0.25) is 9.59 Å². The summed E-state index contributed by atoms with van der Waals surface area (Å²) in [7, 11) is 0. The number of aliphatic carboxylic acids is 1. The number of nitrogens with two attached hydrogens (primary N) is 2. The van der Waals surface area contributed by atoms with Crippen LogP contribution in [0.15, 0.2) is 0 Å². The van der Waals surface area contributed by atoms with Gasteiger partial charge in [-0.05, 0) is 5.92 Å². The van der Waals surface area contributed by atoms with Gasteiger partial charge < -0.3 is 16.6 Å². The summed E-state index contributed by atoms with van der Waals surface area (Å²) in [5.41, 5.74) is 10.0. The van der Waals surface area contributed by atoms with E-state index in [1.165, 1.54) is 0 Å². The van der Waals surface area contributed by atoms with Crippen LogP contribution in [0.5, 0.6) is 0 Å². The van der Waals surface area contributed by atoms with Crippen molar-refractivity contribution in [3.05, 3.63) is 0 Å². The fraction of sp³-hybridized carbons (Fsp3) is 0.667. The van der Waals surface area contributed by atoms with Crippen LogP contribution in [0.2, 0.25) is 0 Å². The van der Waals surface area contributed by atoms with Gasteiger partial charge in [-0.1, -0.05) is 6.92 Å². The number of primary amides is 1. The summed E-state index contributed by atoms with van der Waals surface area (Å²) in [6.45, 7) is 1.57. The van der Waals surface area contributed by atoms with Crippen LogP contribution in [0.3, 0.4) is 0 Å². The Morgan fingerprint density at radius 1 is 1.55 bits per heavy atom. The minimum atomic E-state index is -1.11. The summed E-state index contributed by atoms with van der Waals surface area (Å²) < 4.78 is 0. The van der Waals surface area contributed by atoms with Crippen molar-refractivity contribution < 1.29 is 14.7 Å². The number of amides is 1. The topological polar surface area (TPSA) is 106 Å². The van der Waals surface area contributed by atoms with Gasteiger partial charge in [0.2, 0.25) is 5.91 Å². The van der Waals surface area contributed by atoms with Gasteiger partial charge in [-0.25, -0.2) is 0 Å². The van der Waals surface area contributed by atoms with E-state index in [0.717, 1.165) is 0 Å². The van der Waals surface area contributed by atoms with Crippen molar-refractivity contribution in [3.63, 3.8) is 0 Å². The van der Waals surface area contributed by atoms with E-state index < -0.39 is 23.8 Å². The van der Waals surface area contributed by atoms with Crippen LogP contribution in [-0.4, -0.2) is 23.0 Å². The Bertz CT molecular complexity index is 169. The lowest BCUT2D eigenvalue weighted by molar-refractivity contribution is -0.139. The molecule has 0 radical (unpaired) electrons. The number of hydrogen-bond donors (Lipinski definition) is 3. The number of rotatable bonds is 4. The molecular formula is C6H12N2O3. The van der Waals surface area contributed by atoms with Crippen molar-refractivity contribution in [2.45, 2.75) is 19.4 Å². The molecule has 0 fully saturated rings. The fourth-order valence-electron chi connectivity index (χ4n) is 0.688. The minimum Gasteiger partial charge on any atom is -0.480 e. The average Bonchev–Trinajstić information content (AvgIpc) is 1.84. The Morgan fingerprint density at radius 3 is 2.27 bits per heavy atom. The maximum atomic E-state index is 10.3. The Labute approximate surface area is 64.4 Å². The van der Waals surface area contributed by atoms with Crippen molar-refractivity contribution >= 4 is 11.9 Å². The summed E-state index contributed by atoms with van der Waals surface area (Å²) in [4.78, 5) is 20.6. The molecule has 2 atom stereocenters. The molecule has 5 heteroatoms. The maximum absolute atomic E-state index is 10.3. The predicted octanol–water partition coefficient (Wildman–Crippen LogP) is -1.09. The van der Waals surface area contributed by atoms with Crippen molar-refractivity contribution in [3.8, 4) is 0 Å². The first kappa shape index (κ1) is 9.90. The standard InChI is InChI=1S/C6H12N2O3/c1-3(2-4(7)9)5(8)6(10)11/h3,5H,2,8H2,1H3,(H2,7,9)(H,10,11). The predicted molar refractivity (Wildman–Crippen MR) is 38.6 cm³/mol. The SMILES string of the molecule is CC(CC(N)=O)C(N)C(=O)O. The Hall–Kier alpha value is -1.10. The summed E-state index contributed by atoms with van der Waals surface area (Å²) in [5, 5.41) is 8.39. The van der Waals surface area contributed by atoms with E-state index in [9.17, 15) is 9.59 Å². The van der Waals surface area contributed by atoms with E-state index in [4.69, 9.17) is 16.6 Å². The first-order chi connectivity index (χ1) is 4.95. The van der Waals surface area contributed by atoms with Crippen LogP contribution < -0.4 is 11.5 Å². The molecule has 0 rings (SSSR count). The van der Waals surface area contributed by atoms with E-state index in [1.54, 1.807) is 6.92 Å². The molecule has 0 aliphatic heterocycles. The van der Waals surface area contributed by atoms with Crippen LogP contribution in [-0.2, 0) is 9.59 Å². The Kier molecular flexibility index (Phi) is 3.53. The zero-order valence-corrected chi connectivity index (χ0v) is 6.28. The normalized spacial score (nSPS) is 15.5. The zero-order valence-electron chi connectivity index (χ0n) is 6.28. The van der Waals surface area contributed by atoms with Gasteiger partial charge in [0.1, 0.15) is 6.04 Å². The molecule has 5 N–H and O–H groups in total. The van der Waals surface area contributed by atoms with Crippen LogP contribution in [0.4, 0.5) is 0 Å².